The van der Waals surface area contributed by atoms with Gasteiger partial charge in [0.05, 0.1) is 11.9 Å². The van der Waals surface area contributed by atoms with Crippen LogP contribution < -0.4 is 0 Å². The van der Waals surface area contributed by atoms with E-state index in [9.17, 15) is 4.79 Å². The lowest BCUT2D eigenvalue weighted by molar-refractivity contribution is -0.268. The topological polar surface area (TPSA) is 44.8 Å². The van der Waals surface area contributed by atoms with Gasteiger partial charge < -0.3 is 14.2 Å². The Labute approximate surface area is 157 Å². The molecule has 0 bridgehead atoms. The highest BCUT2D eigenvalue weighted by Gasteiger charge is 2.69. The molecule has 0 radical (unpaired) electrons. The molecule has 2 saturated carbocycles. The molecule has 4 heteroatoms. The Bertz CT molecular complexity index is 626. The Morgan fingerprint density at radius 1 is 1.15 bits per heavy atom. The molecule has 2 spiro atoms. The molecule has 2 aliphatic heterocycles. The first-order chi connectivity index (χ1) is 12.1. The van der Waals surface area contributed by atoms with Gasteiger partial charge in [0.15, 0.2) is 0 Å². The van der Waals surface area contributed by atoms with Gasteiger partial charge in [-0.2, -0.15) is 0 Å². The first-order valence-corrected chi connectivity index (χ1v) is 10.3. The number of hydrogen-bond acceptors (Lipinski definition) is 4. The Morgan fingerprint density at radius 3 is 2.58 bits per heavy atom. The van der Waals surface area contributed by atoms with Crippen LogP contribution in [0.25, 0.3) is 0 Å². The van der Waals surface area contributed by atoms with Gasteiger partial charge in [0, 0.05) is 18.3 Å². The molecule has 3 fully saturated rings. The number of fused-ring (bicyclic) bond motifs is 2. The van der Waals surface area contributed by atoms with Crippen LogP contribution in [0.1, 0.15) is 73.1 Å². The minimum Gasteiger partial charge on any atom is -0.498 e. The van der Waals surface area contributed by atoms with Crippen molar-refractivity contribution in [3.63, 3.8) is 0 Å². The summed E-state index contributed by atoms with van der Waals surface area (Å²) >= 11 is 0. The minimum atomic E-state index is -0.252. The van der Waals surface area contributed by atoms with Crippen molar-refractivity contribution >= 4 is 5.97 Å². The summed E-state index contributed by atoms with van der Waals surface area (Å²) in [5, 5.41) is 0. The normalized spacial score (nSPS) is 49.2. The number of rotatable bonds is 1. The van der Waals surface area contributed by atoms with Gasteiger partial charge in [-0.15, -0.1) is 0 Å². The molecular weight excluding hydrogens is 328 g/mol. The van der Waals surface area contributed by atoms with E-state index in [0.717, 1.165) is 25.7 Å². The molecule has 2 heterocycles. The Kier molecular flexibility index (Phi) is 4.04. The van der Waals surface area contributed by atoms with Crippen molar-refractivity contribution in [3.05, 3.63) is 12.3 Å². The second kappa shape index (κ2) is 5.73. The molecule has 0 aromatic carbocycles. The maximum Gasteiger partial charge on any atom is 0.302 e. The largest absolute Gasteiger partial charge is 0.498 e. The van der Waals surface area contributed by atoms with E-state index in [4.69, 9.17) is 14.2 Å². The lowest BCUT2D eigenvalue weighted by Gasteiger charge is -2.65. The predicted molar refractivity (Wildman–Crippen MR) is 99.4 cm³/mol. The molecule has 0 N–H and O–H groups in total. The number of carbonyl (C=O) groups is 1. The summed E-state index contributed by atoms with van der Waals surface area (Å²) in [5.41, 5.74) is -0.268. The smallest absolute Gasteiger partial charge is 0.302 e. The van der Waals surface area contributed by atoms with Gasteiger partial charge in [-0.1, -0.05) is 34.1 Å². The van der Waals surface area contributed by atoms with Crippen LogP contribution in [0.4, 0.5) is 0 Å². The summed E-state index contributed by atoms with van der Waals surface area (Å²) in [6, 6.07) is 0. The van der Waals surface area contributed by atoms with E-state index < -0.39 is 0 Å². The van der Waals surface area contributed by atoms with Gasteiger partial charge in [0.25, 0.3) is 0 Å². The summed E-state index contributed by atoms with van der Waals surface area (Å²) < 4.78 is 18.5. The number of hydrogen-bond donors (Lipinski definition) is 0. The lowest BCUT2D eigenvalue weighted by atomic mass is 9.43. The van der Waals surface area contributed by atoms with Crippen molar-refractivity contribution in [1.29, 1.82) is 0 Å². The molecular formula is C22H34O4. The van der Waals surface area contributed by atoms with E-state index in [-0.39, 0.29) is 34.1 Å². The fourth-order valence-corrected chi connectivity index (χ4v) is 7.28. The predicted octanol–water partition coefficient (Wildman–Crippen LogP) is 4.62. The van der Waals surface area contributed by atoms with E-state index in [1.807, 2.05) is 0 Å². The molecule has 2 aliphatic carbocycles. The number of ether oxygens (including phenoxy) is 3. The molecule has 0 aromatic heterocycles. The zero-order valence-corrected chi connectivity index (χ0v) is 17.0. The van der Waals surface area contributed by atoms with Gasteiger partial charge in [-0.25, -0.2) is 0 Å². The second-order valence-corrected chi connectivity index (χ2v) is 10.2. The minimum absolute atomic E-state index is 0.00641. The summed E-state index contributed by atoms with van der Waals surface area (Å²) in [4.78, 5) is 11.8. The van der Waals surface area contributed by atoms with Crippen molar-refractivity contribution in [1.82, 2.24) is 0 Å². The molecule has 26 heavy (non-hydrogen) atoms. The van der Waals surface area contributed by atoms with Crippen molar-refractivity contribution < 1.29 is 19.0 Å². The van der Waals surface area contributed by atoms with Gasteiger partial charge in [0.2, 0.25) is 0 Å². The van der Waals surface area contributed by atoms with Crippen LogP contribution >= 0.6 is 0 Å². The van der Waals surface area contributed by atoms with E-state index in [0.29, 0.717) is 18.4 Å². The van der Waals surface area contributed by atoms with E-state index >= 15 is 0 Å². The van der Waals surface area contributed by atoms with E-state index in [2.05, 4.69) is 33.8 Å². The Morgan fingerprint density at radius 2 is 1.92 bits per heavy atom. The fourth-order valence-electron chi connectivity index (χ4n) is 7.28. The third-order valence-electron chi connectivity index (χ3n) is 8.18. The van der Waals surface area contributed by atoms with Crippen LogP contribution in [0, 0.1) is 22.7 Å². The molecule has 4 nitrogen and oxygen atoms in total. The maximum atomic E-state index is 11.8. The fraction of sp³-hybridized carbons (Fsp3) is 0.864. The first kappa shape index (κ1) is 18.3. The zero-order valence-electron chi connectivity index (χ0n) is 17.0. The van der Waals surface area contributed by atoms with E-state index in [1.54, 1.807) is 13.2 Å². The van der Waals surface area contributed by atoms with Gasteiger partial charge in [0.1, 0.15) is 18.3 Å². The van der Waals surface area contributed by atoms with Gasteiger partial charge in [-0.05, 0) is 49.5 Å². The molecule has 4 rings (SSSR count). The average molecular weight is 363 g/mol. The number of carbonyl (C=O) groups excluding carboxylic acids is 1. The molecule has 0 unspecified atom stereocenters. The van der Waals surface area contributed by atoms with Crippen molar-refractivity contribution in [2.45, 2.75) is 90.4 Å². The quantitative estimate of drug-likeness (QED) is 0.638. The summed E-state index contributed by atoms with van der Waals surface area (Å²) in [6.45, 7) is 11.6. The lowest BCUT2D eigenvalue weighted by Crippen LogP contribution is -2.67. The van der Waals surface area contributed by atoms with Crippen LogP contribution in [-0.4, -0.2) is 29.9 Å². The molecule has 146 valence electrons. The summed E-state index contributed by atoms with van der Waals surface area (Å²) in [6.07, 6.45) is 10.4. The van der Waals surface area contributed by atoms with Crippen LogP contribution in [-0.2, 0) is 19.0 Å². The average Bonchev–Trinajstić information content (AvgIpc) is 3.13. The van der Waals surface area contributed by atoms with Crippen LogP contribution in [0.15, 0.2) is 12.3 Å². The zero-order chi connectivity index (χ0) is 18.8. The molecule has 6 atom stereocenters. The highest BCUT2D eigenvalue weighted by molar-refractivity contribution is 5.66. The standard InChI is InChI=1S/C22H34O4/c1-15-13-17(25-16(2)23)18-19(3,4)7-6-8-20(18,5)22(15)10-9-21(26-22)11-12-24-14-21/h11-12,15,17-18H,6-10,13-14H2,1-5H3/t15-,17-,18+,20+,21+,22-/m1/s1. The summed E-state index contributed by atoms with van der Waals surface area (Å²) in [7, 11) is 0. The molecule has 1 saturated heterocycles. The third kappa shape index (κ3) is 2.40. The molecule has 4 aliphatic rings. The van der Waals surface area contributed by atoms with Crippen molar-refractivity contribution in [3.8, 4) is 0 Å². The number of esters is 1. The SMILES string of the molecule is CC(=O)O[C@@H]1C[C@@H](C)[C@]2(CC[C@@]3(C=COC3)O2)[C@@]2(C)CCCC(C)(C)[C@H]12. The highest BCUT2D eigenvalue weighted by atomic mass is 16.6. The Hall–Kier alpha value is -1.03. The molecule has 0 aromatic rings. The van der Waals surface area contributed by atoms with E-state index in [1.165, 1.54) is 12.8 Å². The maximum absolute atomic E-state index is 11.8. The monoisotopic (exact) mass is 362 g/mol. The van der Waals surface area contributed by atoms with Crippen LogP contribution in [0.5, 0.6) is 0 Å². The second-order valence-electron chi connectivity index (χ2n) is 10.2. The van der Waals surface area contributed by atoms with Gasteiger partial charge >= 0.3 is 5.97 Å². The summed E-state index contributed by atoms with van der Waals surface area (Å²) in [5.74, 6) is 0.526. The van der Waals surface area contributed by atoms with Crippen LogP contribution in [0.3, 0.4) is 0 Å². The highest BCUT2D eigenvalue weighted by Crippen LogP contribution is 2.68. The Balaban J connectivity index is 1.77. The van der Waals surface area contributed by atoms with Crippen molar-refractivity contribution in [2.24, 2.45) is 22.7 Å². The van der Waals surface area contributed by atoms with Crippen LogP contribution in [0.2, 0.25) is 0 Å². The molecule has 0 amide bonds. The first-order valence-electron chi connectivity index (χ1n) is 10.3. The van der Waals surface area contributed by atoms with Crippen molar-refractivity contribution in [2.75, 3.05) is 6.61 Å². The third-order valence-corrected chi connectivity index (χ3v) is 8.18. The van der Waals surface area contributed by atoms with Gasteiger partial charge in [-0.3, -0.25) is 4.79 Å².